The molecule has 0 aliphatic carbocycles. The molecule has 0 bridgehead atoms. The molecule has 1 aromatic heterocycles. The van der Waals surface area contributed by atoms with Gasteiger partial charge in [-0.25, -0.2) is 0 Å². The predicted molar refractivity (Wildman–Crippen MR) is 108 cm³/mol. The summed E-state index contributed by atoms with van der Waals surface area (Å²) in [4.78, 5) is 14.6. The van der Waals surface area contributed by atoms with Crippen molar-refractivity contribution in [2.75, 3.05) is 26.2 Å². The molecule has 0 atom stereocenters. The summed E-state index contributed by atoms with van der Waals surface area (Å²) in [6.07, 6.45) is 2.63. The SMILES string of the molecule is CCNCC1CCN(C(=O)Cc2ccc(OCc3c(C)noc3C)cc2)CC1. The van der Waals surface area contributed by atoms with Crippen LogP contribution < -0.4 is 10.1 Å². The zero-order valence-electron chi connectivity index (χ0n) is 17.2. The van der Waals surface area contributed by atoms with Crippen molar-refractivity contribution in [3.63, 3.8) is 0 Å². The lowest BCUT2D eigenvalue weighted by molar-refractivity contribution is -0.131. The van der Waals surface area contributed by atoms with Crippen molar-refractivity contribution in [3.8, 4) is 5.75 Å². The Hall–Kier alpha value is -2.34. The van der Waals surface area contributed by atoms with Crippen molar-refractivity contribution in [2.45, 2.75) is 46.6 Å². The van der Waals surface area contributed by atoms with Crippen molar-refractivity contribution in [3.05, 3.63) is 46.8 Å². The van der Waals surface area contributed by atoms with Gasteiger partial charge < -0.3 is 19.5 Å². The molecule has 1 aliphatic heterocycles. The molecule has 28 heavy (non-hydrogen) atoms. The van der Waals surface area contributed by atoms with Crippen molar-refractivity contribution < 1.29 is 14.1 Å². The molecular formula is C22H31N3O3. The summed E-state index contributed by atoms with van der Waals surface area (Å²) in [5.74, 6) is 2.47. The van der Waals surface area contributed by atoms with Crippen molar-refractivity contribution in [2.24, 2.45) is 5.92 Å². The Balaban J connectivity index is 1.46. The fourth-order valence-corrected chi connectivity index (χ4v) is 3.59. The second-order valence-corrected chi connectivity index (χ2v) is 7.54. The monoisotopic (exact) mass is 385 g/mol. The predicted octanol–water partition coefficient (Wildman–Crippen LogP) is 3.26. The van der Waals surface area contributed by atoms with Crippen LogP contribution in [0.2, 0.25) is 0 Å². The average Bonchev–Trinajstić information content (AvgIpc) is 3.04. The number of amides is 1. The van der Waals surface area contributed by atoms with Crippen LogP contribution in [0.15, 0.2) is 28.8 Å². The van der Waals surface area contributed by atoms with Crippen molar-refractivity contribution in [1.29, 1.82) is 0 Å². The number of carbonyl (C=O) groups is 1. The van der Waals surface area contributed by atoms with Gasteiger partial charge in [-0.3, -0.25) is 4.79 Å². The van der Waals surface area contributed by atoms with E-state index in [0.717, 1.165) is 67.4 Å². The van der Waals surface area contributed by atoms with Crippen LogP contribution in [-0.2, 0) is 17.8 Å². The molecule has 1 aliphatic rings. The van der Waals surface area contributed by atoms with Crippen LogP contribution in [-0.4, -0.2) is 42.1 Å². The second kappa shape index (κ2) is 9.73. The molecule has 0 saturated carbocycles. The average molecular weight is 386 g/mol. The number of benzene rings is 1. The van der Waals surface area contributed by atoms with E-state index in [1.165, 1.54) is 0 Å². The lowest BCUT2D eigenvalue weighted by Gasteiger charge is -2.32. The number of ether oxygens (including phenoxy) is 1. The highest BCUT2D eigenvalue weighted by Crippen LogP contribution is 2.20. The summed E-state index contributed by atoms with van der Waals surface area (Å²) in [6.45, 7) is 10.2. The van der Waals surface area contributed by atoms with Crippen LogP contribution in [0.3, 0.4) is 0 Å². The van der Waals surface area contributed by atoms with Crippen molar-refractivity contribution in [1.82, 2.24) is 15.4 Å². The Morgan fingerprint density at radius 2 is 1.96 bits per heavy atom. The number of likely N-dealkylation sites (tertiary alicyclic amines) is 1. The van der Waals surface area contributed by atoms with Crippen LogP contribution in [0.4, 0.5) is 0 Å². The maximum absolute atomic E-state index is 12.6. The Kier molecular flexibility index (Phi) is 7.09. The molecular weight excluding hydrogens is 354 g/mol. The first-order valence-corrected chi connectivity index (χ1v) is 10.2. The first-order chi connectivity index (χ1) is 13.6. The summed E-state index contributed by atoms with van der Waals surface area (Å²) >= 11 is 0. The molecule has 1 amide bonds. The first-order valence-electron chi connectivity index (χ1n) is 10.2. The molecule has 0 unspecified atom stereocenters. The van der Waals surface area contributed by atoms with Gasteiger partial charge in [-0.2, -0.15) is 0 Å². The highest BCUT2D eigenvalue weighted by Gasteiger charge is 2.22. The quantitative estimate of drug-likeness (QED) is 0.755. The molecule has 1 N–H and O–H groups in total. The number of nitrogens with one attached hydrogen (secondary N) is 1. The smallest absolute Gasteiger partial charge is 0.226 e. The number of hydrogen-bond acceptors (Lipinski definition) is 5. The van der Waals surface area contributed by atoms with Crippen LogP contribution in [0.1, 0.15) is 42.3 Å². The number of carbonyl (C=O) groups excluding carboxylic acids is 1. The largest absolute Gasteiger partial charge is 0.489 e. The van der Waals surface area contributed by atoms with E-state index in [4.69, 9.17) is 9.26 Å². The van der Waals surface area contributed by atoms with Gasteiger partial charge in [-0.15, -0.1) is 0 Å². The molecule has 6 nitrogen and oxygen atoms in total. The zero-order valence-corrected chi connectivity index (χ0v) is 17.2. The minimum Gasteiger partial charge on any atom is -0.489 e. The fraction of sp³-hybridized carbons (Fsp3) is 0.545. The van der Waals surface area contributed by atoms with Gasteiger partial charge >= 0.3 is 0 Å². The second-order valence-electron chi connectivity index (χ2n) is 7.54. The van der Waals surface area contributed by atoms with Crippen LogP contribution in [0.5, 0.6) is 5.75 Å². The Morgan fingerprint density at radius 1 is 1.25 bits per heavy atom. The third kappa shape index (κ3) is 5.35. The standard InChI is InChI=1S/C22H31N3O3/c1-4-23-14-19-9-11-25(12-10-19)22(26)13-18-5-7-20(8-6-18)27-15-21-16(2)24-28-17(21)3/h5-8,19,23H,4,9-15H2,1-3H3. The van der Waals surface area contributed by atoms with E-state index in [2.05, 4.69) is 17.4 Å². The molecule has 6 heteroatoms. The lowest BCUT2D eigenvalue weighted by Crippen LogP contribution is -2.41. The van der Waals surface area contributed by atoms with Gasteiger partial charge in [0.05, 0.1) is 17.7 Å². The molecule has 152 valence electrons. The van der Waals surface area contributed by atoms with Gasteiger partial charge in [0.2, 0.25) is 5.91 Å². The lowest BCUT2D eigenvalue weighted by atomic mass is 9.96. The van der Waals surface area contributed by atoms with Gasteiger partial charge in [0.25, 0.3) is 0 Å². The summed E-state index contributed by atoms with van der Waals surface area (Å²) in [7, 11) is 0. The number of nitrogens with zero attached hydrogens (tertiary/aromatic N) is 2. The number of aromatic nitrogens is 1. The third-order valence-corrected chi connectivity index (χ3v) is 5.49. The summed E-state index contributed by atoms with van der Waals surface area (Å²) in [5, 5.41) is 7.35. The molecule has 2 aromatic rings. The molecule has 3 rings (SSSR count). The van der Waals surface area contributed by atoms with E-state index in [1.54, 1.807) is 0 Å². The van der Waals surface area contributed by atoms with E-state index < -0.39 is 0 Å². The van der Waals surface area contributed by atoms with E-state index in [-0.39, 0.29) is 5.91 Å². The minimum absolute atomic E-state index is 0.214. The molecule has 1 fully saturated rings. The van der Waals surface area contributed by atoms with Gasteiger partial charge in [0, 0.05) is 13.1 Å². The summed E-state index contributed by atoms with van der Waals surface area (Å²) in [5.41, 5.74) is 2.86. The topological polar surface area (TPSA) is 67.6 Å². The van der Waals surface area contributed by atoms with E-state index >= 15 is 0 Å². The van der Waals surface area contributed by atoms with Gasteiger partial charge in [0.1, 0.15) is 18.1 Å². The highest BCUT2D eigenvalue weighted by atomic mass is 16.5. The van der Waals surface area contributed by atoms with E-state index in [1.807, 2.05) is 43.0 Å². The van der Waals surface area contributed by atoms with E-state index in [0.29, 0.717) is 18.9 Å². The molecule has 1 aromatic carbocycles. The number of rotatable bonds is 8. The van der Waals surface area contributed by atoms with Gasteiger partial charge in [-0.05, 0) is 63.4 Å². The normalized spacial score (nSPS) is 15.0. The molecule has 0 radical (unpaired) electrons. The summed E-state index contributed by atoms with van der Waals surface area (Å²) in [6, 6.07) is 7.78. The maximum atomic E-state index is 12.6. The highest BCUT2D eigenvalue weighted by molar-refractivity contribution is 5.78. The number of aryl methyl sites for hydroxylation is 2. The summed E-state index contributed by atoms with van der Waals surface area (Å²) < 4.78 is 11.0. The van der Waals surface area contributed by atoms with Crippen LogP contribution in [0, 0.1) is 19.8 Å². The molecule has 1 saturated heterocycles. The van der Waals surface area contributed by atoms with Crippen molar-refractivity contribution >= 4 is 5.91 Å². The Labute approximate surface area is 167 Å². The van der Waals surface area contributed by atoms with E-state index in [9.17, 15) is 4.79 Å². The number of hydrogen-bond donors (Lipinski definition) is 1. The third-order valence-electron chi connectivity index (χ3n) is 5.49. The van der Waals surface area contributed by atoms with Gasteiger partial charge in [-0.1, -0.05) is 24.2 Å². The Bertz CT molecular complexity index is 742. The van der Waals surface area contributed by atoms with Gasteiger partial charge in [0.15, 0.2) is 0 Å². The molecule has 2 heterocycles. The first kappa shape index (κ1) is 20.4. The maximum Gasteiger partial charge on any atom is 0.226 e. The number of piperidine rings is 1. The fourth-order valence-electron chi connectivity index (χ4n) is 3.59. The zero-order chi connectivity index (χ0) is 19.9. The molecule has 0 spiro atoms. The van der Waals surface area contributed by atoms with Crippen LogP contribution in [0.25, 0.3) is 0 Å². The van der Waals surface area contributed by atoms with Crippen LogP contribution >= 0.6 is 0 Å². The minimum atomic E-state index is 0.214. The Morgan fingerprint density at radius 3 is 2.57 bits per heavy atom.